The quantitative estimate of drug-likeness (QED) is 0.298. The lowest BCUT2D eigenvalue weighted by Crippen LogP contribution is -2.48. The summed E-state index contributed by atoms with van der Waals surface area (Å²) in [6.07, 6.45) is -0.538. The second kappa shape index (κ2) is 10.2. The smallest absolute Gasteiger partial charge is 0.410 e. The number of rotatable bonds is 9. The second-order valence-electron chi connectivity index (χ2n) is 9.14. The number of hydrogen-bond acceptors (Lipinski definition) is 6. The molecule has 2 aliphatic rings. The Kier molecular flexibility index (Phi) is 7.15. The number of methoxy groups -OCH3 is 1. The summed E-state index contributed by atoms with van der Waals surface area (Å²) in [6, 6.07) is 13.1. The summed E-state index contributed by atoms with van der Waals surface area (Å²) in [5.41, 5.74) is -0.713. The number of nitro benzene ring substituents is 1. The monoisotopic (exact) mass is 515 g/mol. The molecule has 1 fully saturated rings. The number of likely N-dealkylation sites (tertiary alicyclic amines) is 1. The van der Waals surface area contributed by atoms with Crippen LogP contribution in [0, 0.1) is 10.1 Å². The van der Waals surface area contributed by atoms with Crippen LogP contribution < -0.4 is 10.1 Å². The first-order valence-electron chi connectivity index (χ1n) is 11.8. The highest BCUT2D eigenvalue weighted by Crippen LogP contribution is 2.58. The van der Waals surface area contributed by atoms with Crippen molar-refractivity contribution in [1.29, 1.82) is 0 Å². The van der Waals surface area contributed by atoms with Crippen molar-refractivity contribution in [3.8, 4) is 5.75 Å². The third-order valence-electron chi connectivity index (χ3n) is 6.76. The van der Waals surface area contributed by atoms with Crippen molar-refractivity contribution in [3.05, 3.63) is 81.4 Å². The van der Waals surface area contributed by atoms with Gasteiger partial charge in [-0.1, -0.05) is 37.3 Å². The van der Waals surface area contributed by atoms with Crippen molar-refractivity contribution in [2.75, 3.05) is 20.3 Å². The molecule has 2 aromatic rings. The lowest BCUT2D eigenvalue weighted by atomic mass is 10.0. The maximum Gasteiger partial charge on any atom is 0.410 e. The average molecular weight is 516 g/mol. The van der Waals surface area contributed by atoms with E-state index < -0.39 is 40.7 Å². The fourth-order valence-corrected chi connectivity index (χ4v) is 4.66. The van der Waals surface area contributed by atoms with Crippen molar-refractivity contribution in [2.24, 2.45) is 0 Å². The number of benzene rings is 2. The first-order valence-corrected chi connectivity index (χ1v) is 11.8. The summed E-state index contributed by atoms with van der Waals surface area (Å²) in [4.78, 5) is 37.0. The van der Waals surface area contributed by atoms with Crippen molar-refractivity contribution >= 4 is 17.7 Å². The number of hydrogen-bond donors (Lipinski definition) is 1. The van der Waals surface area contributed by atoms with Gasteiger partial charge in [0.2, 0.25) is 5.91 Å². The number of nitro groups is 1. The molecule has 1 saturated heterocycles. The standard InChI is InChI=1S/C26H27F2N3O6/c1-17(21-5-3-4-6-22(21)31(34)35)16-37-24(33)30-12-11-26(27,28)25(30)14-19(25)13-23(32)29-15-18-7-9-20(36-2)10-8-18/h3-10,14,17H,11-13,15-16H2,1-2H3,(H,29,32). The van der Waals surface area contributed by atoms with Crippen molar-refractivity contribution in [2.45, 2.75) is 43.7 Å². The van der Waals surface area contributed by atoms with Crippen LogP contribution in [0.1, 0.15) is 36.8 Å². The number of nitrogens with zero attached hydrogens (tertiary/aromatic N) is 2. The van der Waals surface area contributed by atoms with Gasteiger partial charge in [0.15, 0.2) is 5.54 Å². The molecule has 2 atom stereocenters. The van der Waals surface area contributed by atoms with E-state index in [0.29, 0.717) is 11.3 Å². The average Bonchev–Trinajstić information content (AvgIpc) is 3.54. The zero-order chi connectivity index (χ0) is 26.8. The van der Waals surface area contributed by atoms with Gasteiger partial charge in [-0.3, -0.25) is 19.8 Å². The fraction of sp³-hybridized carbons (Fsp3) is 0.385. The highest BCUT2D eigenvalue weighted by atomic mass is 19.3. The Hall–Kier alpha value is -4.02. The van der Waals surface area contributed by atoms with Gasteiger partial charge in [0.1, 0.15) is 12.4 Å². The predicted octanol–water partition coefficient (Wildman–Crippen LogP) is 4.57. The molecular formula is C26H27F2N3O6. The maximum absolute atomic E-state index is 14.9. The van der Waals surface area contributed by atoms with E-state index in [4.69, 9.17) is 9.47 Å². The topological polar surface area (TPSA) is 111 Å². The maximum atomic E-state index is 14.9. The summed E-state index contributed by atoms with van der Waals surface area (Å²) >= 11 is 0. The molecule has 2 aromatic carbocycles. The van der Waals surface area contributed by atoms with Crippen molar-refractivity contribution in [3.63, 3.8) is 0 Å². The third kappa shape index (κ3) is 5.11. The molecule has 0 radical (unpaired) electrons. The van der Waals surface area contributed by atoms with Gasteiger partial charge in [-0.25, -0.2) is 13.6 Å². The Morgan fingerprint density at radius 3 is 2.57 bits per heavy atom. The van der Waals surface area contributed by atoms with E-state index in [1.54, 1.807) is 50.4 Å². The summed E-state index contributed by atoms with van der Waals surface area (Å²) in [5, 5.41) is 14.0. The molecule has 0 bridgehead atoms. The fourth-order valence-electron chi connectivity index (χ4n) is 4.66. The van der Waals surface area contributed by atoms with Gasteiger partial charge in [-0.15, -0.1) is 0 Å². The lowest BCUT2D eigenvalue weighted by molar-refractivity contribution is -0.385. The number of ether oxygens (including phenoxy) is 2. The number of halogens is 2. The van der Waals surface area contributed by atoms with Crippen LogP contribution in [-0.2, 0) is 16.1 Å². The SMILES string of the molecule is COc1ccc(CNC(=O)CC2=CC23N(C(=O)OCC(C)c2ccccc2[N+](=O)[O-])CCC3(F)F)cc1. The molecule has 1 aliphatic carbocycles. The highest BCUT2D eigenvalue weighted by Gasteiger charge is 2.71. The molecule has 11 heteroatoms. The van der Waals surface area contributed by atoms with Gasteiger partial charge in [0, 0.05) is 37.1 Å². The Labute approximate surface area is 212 Å². The minimum atomic E-state index is -3.23. The first kappa shape index (κ1) is 26.1. The largest absolute Gasteiger partial charge is 0.497 e. The number of carbonyl (C=O) groups excluding carboxylic acids is 2. The van der Waals surface area contributed by atoms with E-state index in [2.05, 4.69) is 5.32 Å². The lowest BCUT2D eigenvalue weighted by Gasteiger charge is -2.29. The van der Waals surface area contributed by atoms with E-state index in [9.17, 15) is 28.5 Å². The minimum absolute atomic E-state index is 0.109. The van der Waals surface area contributed by atoms with Crippen LogP contribution in [0.15, 0.2) is 60.2 Å². The Morgan fingerprint density at radius 2 is 1.89 bits per heavy atom. The van der Waals surface area contributed by atoms with Crippen LogP contribution >= 0.6 is 0 Å². The van der Waals surface area contributed by atoms with Gasteiger partial charge in [0.25, 0.3) is 11.6 Å². The Morgan fingerprint density at radius 1 is 1.19 bits per heavy atom. The highest BCUT2D eigenvalue weighted by molar-refractivity contribution is 5.83. The molecule has 1 N–H and O–H groups in total. The second-order valence-corrected chi connectivity index (χ2v) is 9.14. The van der Waals surface area contributed by atoms with Crippen LogP contribution in [0.3, 0.4) is 0 Å². The molecule has 1 heterocycles. The molecule has 196 valence electrons. The van der Waals surface area contributed by atoms with E-state index in [1.807, 2.05) is 0 Å². The number of carbonyl (C=O) groups is 2. The summed E-state index contributed by atoms with van der Waals surface area (Å²) < 4.78 is 40.2. The van der Waals surface area contributed by atoms with E-state index >= 15 is 0 Å². The summed E-state index contributed by atoms with van der Waals surface area (Å²) in [7, 11) is 1.55. The van der Waals surface area contributed by atoms with Crippen LogP contribution in [0.25, 0.3) is 0 Å². The third-order valence-corrected chi connectivity index (χ3v) is 6.76. The predicted molar refractivity (Wildman–Crippen MR) is 129 cm³/mol. The molecule has 2 unspecified atom stereocenters. The van der Waals surface area contributed by atoms with Crippen LogP contribution in [0.4, 0.5) is 19.3 Å². The van der Waals surface area contributed by atoms with Gasteiger partial charge in [-0.2, -0.15) is 0 Å². The molecule has 1 aliphatic heterocycles. The number of para-hydroxylation sites is 1. The molecule has 4 rings (SSSR count). The van der Waals surface area contributed by atoms with Crippen molar-refractivity contribution < 1.29 is 32.8 Å². The molecule has 2 amide bonds. The van der Waals surface area contributed by atoms with Gasteiger partial charge in [-0.05, 0) is 29.3 Å². The molecule has 37 heavy (non-hydrogen) atoms. The number of alkyl halides is 2. The van der Waals surface area contributed by atoms with Gasteiger partial charge >= 0.3 is 6.09 Å². The number of amides is 2. The molecule has 0 aromatic heterocycles. The summed E-state index contributed by atoms with van der Waals surface area (Å²) in [6.45, 7) is 1.41. The van der Waals surface area contributed by atoms with E-state index in [1.165, 1.54) is 18.2 Å². The van der Waals surface area contributed by atoms with Gasteiger partial charge < -0.3 is 14.8 Å². The zero-order valence-electron chi connectivity index (χ0n) is 20.4. The van der Waals surface area contributed by atoms with Crippen LogP contribution in [-0.4, -0.2) is 53.5 Å². The zero-order valence-corrected chi connectivity index (χ0v) is 20.4. The Balaban J connectivity index is 1.35. The normalized spacial score (nSPS) is 20.2. The van der Waals surface area contributed by atoms with Crippen molar-refractivity contribution in [1.82, 2.24) is 10.2 Å². The molecule has 9 nitrogen and oxygen atoms in total. The molecular weight excluding hydrogens is 488 g/mol. The van der Waals surface area contributed by atoms with E-state index in [0.717, 1.165) is 10.5 Å². The van der Waals surface area contributed by atoms with E-state index in [-0.39, 0.29) is 37.4 Å². The molecule has 0 saturated carbocycles. The van der Waals surface area contributed by atoms with Gasteiger partial charge in [0.05, 0.1) is 18.5 Å². The Bertz CT molecular complexity index is 1230. The first-order chi connectivity index (χ1) is 17.6. The molecule has 1 spiro atoms. The van der Waals surface area contributed by atoms with Crippen LogP contribution in [0.5, 0.6) is 5.75 Å². The minimum Gasteiger partial charge on any atom is -0.497 e. The number of nitrogens with one attached hydrogen (secondary N) is 1. The van der Waals surface area contributed by atoms with Crippen LogP contribution in [0.2, 0.25) is 0 Å². The summed E-state index contributed by atoms with van der Waals surface area (Å²) in [5.74, 6) is -3.53.